The molecule has 1 saturated heterocycles. The van der Waals surface area contributed by atoms with Crippen LogP contribution in [0.1, 0.15) is 23.2 Å². The lowest BCUT2D eigenvalue weighted by Gasteiger charge is -2.17. The number of phenols is 1. The molecule has 0 radical (unpaired) electrons. The molecule has 1 atom stereocenters. The molecule has 19 heavy (non-hydrogen) atoms. The number of methoxy groups -OCH3 is 1. The van der Waals surface area contributed by atoms with Crippen LogP contribution in [0.15, 0.2) is 18.2 Å². The number of carbonyl (C=O) groups is 1. The second-order valence-corrected chi connectivity index (χ2v) is 4.80. The molecular formula is C14H19NO4. The molecule has 0 bridgehead atoms. The lowest BCUT2D eigenvalue weighted by atomic mass is 10.1. The van der Waals surface area contributed by atoms with Gasteiger partial charge in [0.1, 0.15) is 11.5 Å². The van der Waals surface area contributed by atoms with Crippen LogP contribution in [0.2, 0.25) is 0 Å². The Morgan fingerprint density at radius 1 is 1.53 bits per heavy atom. The Morgan fingerprint density at radius 2 is 2.32 bits per heavy atom. The van der Waals surface area contributed by atoms with E-state index in [1.165, 1.54) is 13.2 Å². The minimum absolute atomic E-state index is 0.0311. The van der Waals surface area contributed by atoms with Crippen LogP contribution in [-0.2, 0) is 0 Å². The van der Waals surface area contributed by atoms with E-state index in [-0.39, 0.29) is 23.8 Å². The zero-order valence-corrected chi connectivity index (χ0v) is 11.0. The Labute approximate surface area is 112 Å². The molecule has 1 heterocycles. The van der Waals surface area contributed by atoms with Gasteiger partial charge in [-0.2, -0.15) is 0 Å². The molecule has 0 saturated carbocycles. The van der Waals surface area contributed by atoms with E-state index >= 15 is 0 Å². The van der Waals surface area contributed by atoms with E-state index in [9.17, 15) is 9.90 Å². The number of rotatable bonds is 4. The number of aliphatic hydroxyl groups excluding tert-OH is 1. The van der Waals surface area contributed by atoms with Gasteiger partial charge < -0.3 is 19.8 Å². The molecule has 0 spiro atoms. The third-order valence-electron chi connectivity index (χ3n) is 3.54. The number of hydrogen-bond donors (Lipinski definition) is 2. The standard InChI is InChI=1S/C14H19NO4/c1-19-11-2-3-13(17)12(8-11)14(18)15-6-4-10(9-15)5-7-16/h2-3,8,10,16-17H,4-7,9H2,1H3. The number of benzene rings is 1. The molecule has 2 N–H and O–H groups in total. The minimum atomic E-state index is -0.183. The van der Waals surface area contributed by atoms with Gasteiger partial charge in [-0.3, -0.25) is 4.79 Å². The molecular weight excluding hydrogens is 246 g/mol. The van der Waals surface area contributed by atoms with Crippen LogP contribution < -0.4 is 4.74 Å². The molecule has 1 amide bonds. The van der Waals surface area contributed by atoms with Crippen molar-refractivity contribution in [2.45, 2.75) is 12.8 Å². The van der Waals surface area contributed by atoms with Crippen molar-refractivity contribution in [2.75, 3.05) is 26.8 Å². The van der Waals surface area contributed by atoms with Crippen molar-refractivity contribution in [3.63, 3.8) is 0 Å². The lowest BCUT2D eigenvalue weighted by molar-refractivity contribution is 0.0781. The van der Waals surface area contributed by atoms with Crippen molar-refractivity contribution in [1.29, 1.82) is 0 Å². The normalized spacial score (nSPS) is 18.6. The van der Waals surface area contributed by atoms with E-state index in [2.05, 4.69) is 0 Å². The van der Waals surface area contributed by atoms with E-state index < -0.39 is 0 Å². The molecule has 2 rings (SSSR count). The maximum Gasteiger partial charge on any atom is 0.257 e. The fraction of sp³-hybridized carbons (Fsp3) is 0.500. The Kier molecular flexibility index (Phi) is 4.27. The van der Waals surface area contributed by atoms with E-state index in [0.717, 1.165) is 6.42 Å². The third-order valence-corrected chi connectivity index (χ3v) is 3.54. The van der Waals surface area contributed by atoms with Gasteiger partial charge >= 0.3 is 0 Å². The van der Waals surface area contributed by atoms with Crippen molar-refractivity contribution in [3.05, 3.63) is 23.8 Å². The number of nitrogens with zero attached hydrogens (tertiary/aromatic N) is 1. The topological polar surface area (TPSA) is 70.0 Å². The van der Waals surface area contributed by atoms with Crippen LogP contribution in [0.25, 0.3) is 0 Å². The number of hydrogen-bond acceptors (Lipinski definition) is 4. The summed E-state index contributed by atoms with van der Waals surface area (Å²) in [6, 6.07) is 4.63. The fourth-order valence-electron chi connectivity index (χ4n) is 2.42. The Bertz CT molecular complexity index is 461. The van der Waals surface area contributed by atoms with Crippen molar-refractivity contribution >= 4 is 5.91 Å². The lowest BCUT2D eigenvalue weighted by Crippen LogP contribution is -2.28. The number of phenolic OH excluding ortho intramolecular Hbond substituents is 1. The average molecular weight is 265 g/mol. The SMILES string of the molecule is COc1ccc(O)c(C(=O)N2CCC(CCO)C2)c1. The number of aromatic hydroxyl groups is 1. The molecule has 1 unspecified atom stereocenters. The highest BCUT2D eigenvalue weighted by Crippen LogP contribution is 2.27. The number of likely N-dealkylation sites (tertiary alicyclic amines) is 1. The number of amides is 1. The minimum Gasteiger partial charge on any atom is -0.507 e. The fourth-order valence-corrected chi connectivity index (χ4v) is 2.42. The smallest absolute Gasteiger partial charge is 0.257 e. The summed E-state index contributed by atoms with van der Waals surface area (Å²) in [7, 11) is 1.52. The number of aliphatic hydroxyl groups is 1. The molecule has 1 fully saturated rings. The number of ether oxygens (including phenoxy) is 1. The van der Waals surface area contributed by atoms with E-state index in [0.29, 0.717) is 31.2 Å². The molecule has 5 heteroatoms. The summed E-state index contributed by atoms with van der Waals surface area (Å²) in [6.45, 7) is 1.45. The summed E-state index contributed by atoms with van der Waals surface area (Å²) in [4.78, 5) is 14.1. The van der Waals surface area contributed by atoms with Gasteiger partial charge in [-0.15, -0.1) is 0 Å². The Balaban J connectivity index is 2.12. The predicted octanol–water partition coefficient (Wildman–Crippen LogP) is 1.25. The summed E-state index contributed by atoms with van der Waals surface area (Å²) in [5.41, 5.74) is 0.268. The molecule has 1 aliphatic heterocycles. The van der Waals surface area contributed by atoms with Crippen LogP contribution in [0.4, 0.5) is 0 Å². The first-order chi connectivity index (χ1) is 9.15. The third kappa shape index (κ3) is 2.98. The monoisotopic (exact) mass is 265 g/mol. The second kappa shape index (κ2) is 5.93. The van der Waals surface area contributed by atoms with E-state index in [4.69, 9.17) is 9.84 Å². The van der Waals surface area contributed by atoms with Gasteiger partial charge in [0, 0.05) is 19.7 Å². The van der Waals surface area contributed by atoms with Crippen LogP contribution in [0.5, 0.6) is 11.5 Å². The summed E-state index contributed by atoms with van der Waals surface area (Å²) >= 11 is 0. The molecule has 1 aliphatic rings. The molecule has 5 nitrogen and oxygen atoms in total. The van der Waals surface area contributed by atoms with Crippen molar-refractivity contribution in [2.24, 2.45) is 5.92 Å². The van der Waals surface area contributed by atoms with Gasteiger partial charge in [0.25, 0.3) is 5.91 Å². The Morgan fingerprint density at radius 3 is 3.00 bits per heavy atom. The summed E-state index contributed by atoms with van der Waals surface area (Å²) in [5, 5.41) is 18.7. The van der Waals surface area contributed by atoms with Crippen LogP contribution in [0.3, 0.4) is 0 Å². The quantitative estimate of drug-likeness (QED) is 0.859. The summed E-state index contributed by atoms with van der Waals surface area (Å²) in [5.74, 6) is 0.683. The summed E-state index contributed by atoms with van der Waals surface area (Å²) in [6.07, 6.45) is 1.62. The summed E-state index contributed by atoms with van der Waals surface area (Å²) < 4.78 is 5.07. The maximum absolute atomic E-state index is 12.3. The largest absolute Gasteiger partial charge is 0.507 e. The van der Waals surface area contributed by atoms with E-state index in [1.807, 2.05) is 0 Å². The van der Waals surface area contributed by atoms with Gasteiger partial charge in [0.15, 0.2) is 0 Å². The first-order valence-corrected chi connectivity index (χ1v) is 6.43. The van der Waals surface area contributed by atoms with Crippen LogP contribution >= 0.6 is 0 Å². The molecule has 104 valence electrons. The van der Waals surface area contributed by atoms with Gasteiger partial charge in [-0.25, -0.2) is 0 Å². The van der Waals surface area contributed by atoms with Crippen LogP contribution in [-0.4, -0.2) is 47.8 Å². The van der Waals surface area contributed by atoms with Crippen LogP contribution in [0, 0.1) is 5.92 Å². The molecule has 1 aromatic carbocycles. The first kappa shape index (κ1) is 13.7. The highest BCUT2D eigenvalue weighted by molar-refractivity contribution is 5.97. The second-order valence-electron chi connectivity index (χ2n) is 4.80. The van der Waals surface area contributed by atoms with Gasteiger partial charge in [0.05, 0.1) is 12.7 Å². The van der Waals surface area contributed by atoms with Gasteiger partial charge in [-0.1, -0.05) is 0 Å². The zero-order chi connectivity index (χ0) is 13.8. The first-order valence-electron chi connectivity index (χ1n) is 6.43. The highest BCUT2D eigenvalue weighted by Gasteiger charge is 2.28. The number of carbonyl (C=O) groups excluding carboxylic acids is 1. The van der Waals surface area contributed by atoms with Crippen molar-refractivity contribution < 1.29 is 19.7 Å². The predicted molar refractivity (Wildman–Crippen MR) is 70.4 cm³/mol. The molecule has 1 aromatic rings. The van der Waals surface area contributed by atoms with Gasteiger partial charge in [0.2, 0.25) is 0 Å². The van der Waals surface area contributed by atoms with Crippen molar-refractivity contribution in [3.8, 4) is 11.5 Å². The average Bonchev–Trinajstić information content (AvgIpc) is 2.88. The highest BCUT2D eigenvalue weighted by atomic mass is 16.5. The zero-order valence-electron chi connectivity index (χ0n) is 11.0. The van der Waals surface area contributed by atoms with Crippen molar-refractivity contribution in [1.82, 2.24) is 4.90 Å². The Hall–Kier alpha value is -1.75. The molecule has 0 aromatic heterocycles. The van der Waals surface area contributed by atoms with Gasteiger partial charge in [-0.05, 0) is 37.0 Å². The maximum atomic E-state index is 12.3. The van der Waals surface area contributed by atoms with E-state index in [1.54, 1.807) is 17.0 Å². The molecule has 0 aliphatic carbocycles.